The fraction of sp³-hybridized carbons (Fsp3) is 0.0870. The molecule has 0 fully saturated rings. The highest BCUT2D eigenvalue weighted by atomic mass is 35.5. The van der Waals surface area contributed by atoms with Crippen LogP contribution in [0.2, 0.25) is 5.02 Å². The third kappa shape index (κ3) is 6.55. The van der Waals surface area contributed by atoms with Gasteiger partial charge in [0, 0.05) is 5.02 Å². The second-order valence-corrected chi connectivity index (χ2v) is 8.91. The number of anilines is 1. The largest absolute Gasteiger partial charge is 0.479 e. The van der Waals surface area contributed by atoms with E-state index < -0.39 is 22.5 Å². The average molecular weight is 483 g/mol. The maximum atomic E-state index is 13.2. The zero-order chi connectivity index (χ0) is 23.7. The molecule has 0 saturated heterocycles. The molecule has 0 saturated carbocycles. The highest BCUT2D eigenvalue weighted by molar-refractivity contribution is 7.92. The number of ether oxygens (including phenoxy) is 1. The van der Waals surface area contributed by atoms with Crippen molar-refractivity contribution in [3.63, 3.8) is 0 Å². The molecule has 10 heteroatoms. The van der Waals surface area contributed by atoms with E-state index in [1.807, 2.05) is 6.07 Å². The van der Waals surface area contributed by atoms with Gasteiger partial charge in [-0.3, -0.25) is 9.10 Å². The molecule has 0 bridgehead atoms. The molecule has 0 heterocycles. The number of hydrazone groups is 1. The number of carbonyl (C=O) groups is 1. The fourth-order valence-corrected chi connectivity index (χ4v) is 4.32. The predicted octanol–water partition coefficient (Wildman–Crippen LogP) is 3.59. The van der Waals surface area contributed by atoms with E-state index in [1.54, 1.807) is 54.6 Å². The van der Waals surface area contributed by atoms with E-state index in [0.717, 1.165) is 4.31 Å². The minimum Gasteiger partial charge on any atom is -0.479 e. The Labute approximate surface area is 196 Å². The summed E-state index contributed by atoms with van der Waals surface area (Å²) in [7, 11) is -4.01. The first-order valence-electron chi connectivity index (χ1n) is 9.65. The lowest BCUT2D eigenvalue weighted by molar-refractivity contribution is -0.119. The summed E-state index contributed by atoms with van der Waals surface area (Å²) in [5, 5.41) is 12.9. The van der Waals surface area contributed by atoms with Gasteiger partial charge in [-0.1, -0.05) is 29.8 Å². The number of nitriles is 1. The van der Waals surface area contributed by atoms with Gasteiger partial charge in [0.05, 0.1) is 16.8 Å². The van der Waals surface area contributed by atoms with Crippen molar-refractivity contribution in [1.29, 1.82) is 5.26 Å². The van der Waals surface area contributed by atoms with Crippen molar-refractivity contribution in [1.82, 2.24) is 5.43 Å². The summed E-state index contributed by atoms with van der Waals surface area (Å²) < 4.78 is 32.6. The second-order valence-electron chi connectivity index (χ2n) is 6.61. The van der Waals surface area contributed by atoms with Crippen LogP contribution in [0.3, 0.4) is 0 Å². The van der Waals surface area contributed by atoms with E-state index in [2.05, 4.69) is 10.5 Å². The molecule has 3 aromatic carbocycles. The molecule has 0 aromatic heterocycles. The van der Waals surface area contributed by atoms with Crippen LogP contribution < -0.4 is 14.5 Å². The number of nitrogens with zero attached hydrogens (tertiary/aromatic N) is 3. The molecule has 0 spiro atoms. The van der Waals surface area contributed by atoms with E-state index in [-0.39, 0.29) is 17.2 Å². The Morgan fingerprint density at radius 3 is 2.36 bits per heavy atom. The number of halogens is 1. The summed E-state index contributed by atoms with van der Waals surface area (Å²) in [5.41, 5.74) is 3.30. The maximum absolute atomic E-state index is 13.2. The number of hydrogen-bond donors (Lipinski definition) is 1. The van der Waals surface area contributed by atoms with Crippen molar-refractivity contribution in [2.24, 2.45) is 5.10 Å². The lowest BCUT2D eigenvalue weighted by Gasteiger charge is -2.23. The summed E-state index contributed by atoms with van der Waals surface area (Å²) in [6, 6.07) is 22.6. The van der Waals surface area contributed by atoms with Gasteiger partial charge in [-0.15, -0.1) is 0 Å². The molecule has 0 atom stereocenters. The molecule has 33 heavy (non-hydrogen) atoms. The number of carbonyl (C=O) groups excluding carboxylic acids is 1. The molecule has 0 radical (unpaired) electrons. The van der Waals surface area contributed by atoms with Gasteiger partial charge >= 0.3 is 0 Å². The van der Waals surface area contributed by atoms with Gasteiger partial charge in [0.25, 0.3) is 15.9 Å². The van der Waals surface area contributed by atoms with E-state index >= 15 is 0 Å². The monoisotopic (exact) mass is 482 g/mol. The van der Waals surface area contributed by atoms with Crippen LogP contribution in [0.25, 0.3) is 0 Å². The third-order valence-electron chi connectivity index (χ3n) is 4.32. The van der Waals surface area contributed by atoms with Crippen molar-refractivity contribution >= 4 is 39.4 Å². The van der Waals surface area contributed by atoms with Crippen LogP contribution in [0.4, 0.5) is 5.69 Å². The lowest BCUT2D eigenvalue weighted by atomic mass is 10.2. The van der Waals surface area contributed by atoms with Gasteiger partial charge in [-0.2, -0.15) is 10.4 Å². The van der Waals surface area contributed by atoms with Gasteiger partial charge in [0.15, 0.2) is 6.61 Å². The molecule has 168 valence electrons. The standard InChI is InChI=1S/C23H19ClN4O4S/c24-19-8-10-20(11-9-19)28(33(30,31)22-4-2-1-3-5-22)17-23(29)27-26-16-18-6-12-21(13-7-18)32-15-14-25/h1-13,16H,15,17H2,(H,27,29)/b26-16-. The minimum atomic E-state index is -4.01. The van der Waals surface area contributed by atoms with Gasteiger partial charge in [-0.05, 0) is 66.2 Å². The summed E-state index contributed by atoms with van der Waals surface area (Å²) >= 11 is 5.93. The van der Waals surface area contributed by atoms with Crippen LogP contribution in [-0.4, -0.2) is 33.7 Å². The first-order chi connectivity index (χ1) is 15.9. The van der Waals surface area contributed by atoms with Crippen molar-refractivity contribution in [2.75, 3.05) is 17.5 Å². The van der Waals surface area contributed by atoms with Crippen LogP contribution >= 0.6 is 11.6 Å². The zero-order valence-corrected chi connectivity index (χ0v) is 18.8. The van der Waals surface area contributed by atoms with Gasteiger partial charge in [-0.25, -0.2) is 13.8 Å². The number of nitrogens with one attached hydrogen (secondary N) is 1. The Morgan fingerprint density at radius 1 is 1.06 bits per heavy atom. The zero-order valence-electron chi connectivity index (χ0n) is 17.3. The van der Waals surface area contributed by atoms with E-state index in [1.165, 1.54) is 30.5 Å². The fourth-order valence-electron chi connectivity index (χ4n) is 2.75. The van der Waals surface area contributed by atoms with Crippen LogP contribution in [0.1, 0.15) is 5.56 Å². The first kappa shape index (κ1) is 23.8. The van der Waals surface area contributed by atoms with Gasteiger partial charge < -0.3 is 4.74 Å². The molecule has 0 aliphatic carbocycles. The molecule has 3 aromatic rings. The molecular formula is C23H19ClN4O4S. The average Bonchev–Trinajstić information content (AvgIpc) is 2.83. The van der Waals surface area contributed by atoms with E-state index in [4.69, 9.17) is 21.6 Å². The van der Waals surface area contributed by atoms with Crippen molar-refractivity contribution in [3.05, 3.63) is 89.4 Å². The van der Waals surface area contributed by atoms with Crippen molar-refractivity contribution < 1.29 is 17.9 Å². The smallest absolute Gasteiger partial charge is 0.264 e. The number of sulfonamides is 1. The maximum Gasteiger partial charge on any atom is 0.264 e. The second kappa shape index (κ2) is 11.1. The predicted molar refractivity (Wildman–Crippen MR) is 126 cm³/mol. The summed E-state index contributed by atoms with van der Waals surface area (Å²) in [6.45, 7) is -0.545. The molecule has 0 unspecified atom stereocenters. The molecule has 8 nitrogen and oxygen atoms in total. The SMILES string of the molecule is N#CCOc1ccc(/C=N\NC(=O)CN(c2ccc(Cl)cc2)S(=O)(=O)c2ccccc2)cc1. The summed E-state index contributed by atoms with van der Waals surface area (Å²) in [6.07, 6.45) is 1.41. The molecule has 0 aliphatic rings. The Hall–Kier alpha value is -3.87. The normalized spacial score (nSPS) is 11.0. The Bertz CT molecular complexity index is 1260. The number of hydrogen-bond acceptors (Lipinski definition) is 6. The van der Waals surface area contributed by atoms with Crippen LogP contribution in [0.5, 0.6) is 5.75 Å². The number of amides is 1. The Kier molecular flexibility index (Phi) is 8.02. The molecule has 0 aliphatic heterocycles. The van der Waals surface area contributed by atoms with Crippen LogP contribution in [0.15, 0.2) is 88.9 Å². The molecule has 1 N–H and O–H groups in total. The van der Waals surface area contributed by atoms with Crippen molar-refractivity contribution in [2.45, 2.75) is 4.90 Å². The van der Waals surface area contributed by atoms with Crippen molar-refractivity contribution in [3.8, 4) is 11.8 Å². The minimum absolute atomic E-state index is 0.0509. The van der Waals surface area contributed by atoms with Crippen LogP contribution in [-0.2, 0) is 14.8 Å². The highest BCUT2D eigenvalue weighted by Crippen LogP contribution is 2.25. The quantitative estimate of drug-likeness (QED) is 0.370. The summed E-state index contributed by atoms with van der Waals surface area (Å²) in [4.78, 5) is 12.6. The number of rotatable bonds is 9. The van der Waals surface area contributed by atoms with Gasteiger partial charge in [0.1, 0.15) is 18.4 Å². The topological polar surface area (TPSA) is 112 Å². The molecular weight excluding hydrogens is 464 g/mol. The van der Waals surface area contributed by atoms with Gasteiger partial charge in [0.2, 0.25) is 0 Å². The lowest BCUT2D eigenvalue weighted by Crippen LogP contribution is -2.39. The first-order valence-corrected chi connectivity index (χ1v) is 11.5. The summed E-state index contributed by atoms with van der Waals surface area (Å²) in [5.74, 6) is -0.0999. The van der Waals surface area contributed by atoms with E-state index in [0.29, 0.717) is 16.3 Å². The van der Waals surface area contributed by atoms with Crippen LogP contribution in [0, 0.1) is 11.3 Å². The number of benzene rings is 3. The third-order valence-corrected chi connectivity index (χ3v) is 6.36. The molecule has 3 rings (SSSR count). The molecule has 1 amide bonds. The Morgan fingerprint density at radius 2 is 1.73 bits per heavy atom. The Balaban J connectivity index is 1.73. The van der Waals surface area contributed by atoms with E-state index in [9.17, 15) is 13.2 Å². The highest BCUT2D eigenvalue weighted by Gasteiger charge is 2.27.